The monoisotopic (exact) mass is 459 g/mol. The standard InChI is InChI=1S/C18H29N5O5S2/c1-10(24)20-12(9-30)17(27)23-7-3-5-14(23)18(28)22-6-2-4-13(22)16(26)21-11(8-29)15(19)25/h11-14,29-30H,2-9H2,1H3,(H2,19,25)(H,20,24)(H,21,26)/t11-,12-,13-,14-/m0/s1. The summed E-state index contributed by atoms with van der Waals surface area (Å²) in [5, 5.41) is 5.10. The summed E-state index contributed by atoms with van der Waals surface area (Å²) in [6.45, 7) is 2.10. The lowest BCUT2D eigenvalue weighted by Crippen LogP contribution is -2.57. The molecule has 2 rings (SSSR count). The van der Waals surface area contributed by atoms with E-state index in [1.807, 2.05) is 0 Å². The normalized spacial score (nSPS) is 23.0. The summed E-state index contributed by atoms with van der Waals surface area (Å²) in [7, 11) is 0. The molecule has 0 bridgehead atoms. The number of hydrogen-bond donors (Lipinski definition) is 5. The van der Waals surface area contributed by atoms with Gasteiger partial charge in [0.15, 0.2) is 0 Å². The van der Waals surface area contributed by atoms with Gasteiger partial charge in [0.25, 0.3) is 0 Å². The smallest absolute Gasteiger partial charge is 0.246 e. The number of hydrogen-bond acceptors (Lipinski definition) is 7. The summed E-state index contributed by atoms with van der Waals surface area (Å²) in [5.41, 5.74) is 5.25. The van der Waals surface area contributed by atoms with Crippen LogP contribution in [0, 0.1) is 0 Å². The molecule has 12 heteroatoms. The highest BCUT2D eigenvalue weighted by Crippen LogP contribution is 2.25. The first kappa shape index (κ1) is 24.3. The van der Waals surface area contributed by atoms with E-state index in [9.17, 15) is 24.0 Å². The van der Waals surface area contributed by atoms with E-state index in [0.717, 1.165) is 0 Å². The minimum absolute atomic E-state index is 0.0565. The van der Waals surface area contributed by atoms with Gasteiger partial charge in [0.1, 0.15) is 24.2 Å². The average molecular weight is 460 g/mol. The molecule has 0 aromatic rings. The summed E-state index contributed by atoms with van der Waals surface area (Å²) in [4.78, 5) is 64.4. The van der Waals surface area contributed by atoms with Gasteiger partial charge in [0.05, 0.1) is 0 Å². The zero-order chi connectivity index (χ0) is 22.4. The van der Waals surface area contributed by atoms with Crippen molar-refractivity contribution in [2.24, 2.45) is 5.73 Å². The molecule has 2 aliphatic heterocycles. The van der Waals surface area contributed by atoms with E-state index in [1.54, 1.807) is 0 Å². The number of nitrogens with zero attached hydrogens (tertiary/aromatic N) is 2. The van der Waals surface area contributed by atoms with Crippen LogP contribution in [0.25, 0.3) is 0 Å². The third-order valence-corrected chi connectivity index (χ3v) is 6.09. The van der Waals surface area contributed by atoms with Gasteiger partial charge in [-0.05, 0) is 25.7 Å². The van der Waals surface area contributed by atoms with Gasteiger partial charge < -0.3 is 26.2 Å². The Hall–Kier alpha value is -1.95. The van der Waals surface area contributed by atoms with Crippen molar-refractivity contribution in [3.05, 3.63) is 0 Å². The SMILES string of the molecule is CC(=O)N[C@@H](CS)C(=O)N1CCC[C@H]1C(=O)N1CCC[C@H]1C(=O)N[C@@H](CS)C(N)=O. The van der Waals surface area contributed by atoms with Crippen LogP contribution in [0.4, 0.5) is 0 Å². The highest BCUT2D eigenvalue weighted by molar-refractivity contribution is 7.80. The number of likely N-dealkylation sites (tertiary alicyclic amines) is 2. The molecule has 0 aliphatic carbocycles. The maximum atomic E-state index is 13.2. The number of carbonyl (C=O) groups excluding carboxylic acids is 5. The Bertz CT molecular complexity index is 706. The molecule has 0 unspecified atom stereocenters. The number of carbonyl (C=O) groups is 5. The van der Waals surface area contributed by atoms with Crippen molar-refractivity contribution in [3.8, 4) is 0 Å². The molecule has 4 N–H and O–H groups in total. The van der Waals surface area contributed by atoms with E-state index >= 15 is 0 Å². The van der Waals surface area contributed by atoms with Crippen molar-refractivity contribution >= 4 is 54.8 Å². The summed E-state index contributed by atoms with van der Waals surface area (Å²) in [6.07, 6.45) is 2.23. The van der Waals surface area contributed by atoms with E-state index in [4.69, 9.17) is 5.73 Å². The van der Waals surface area contributed by atoms with Crippen LogP contribution in [0.5, 0.6) is 0 Å². The maximum Gasteiger partial charge on any atom is 0.246 e. The molecule has 0 radical (unpaired) electrons. The summed E-state index contributed by atoms with van der Waals surface area (Å²) < 4.78 is 0. The largest absolute Gasteiger partial charge is 0.368 e. The van der Waals surface area contributed by atoms with Crippen LogP contribution in [0.15, 0.2) is 0 Å². The molecule has 5 amide bonds. The number of nitrogens with two attached hydrogens (primary N) is 1. The van der Waals surface area contributed by atoms with Crippen molar-refractivity contribution in [1.29, 1.82) is 0 Å². The Balaban J connectivity index is 2.11. The van der Waals surface area contributed by atoms with Gasteiger partial charge in [-0.1, -0.05) is 0 Å². The first-order chi connectivity index (χ1) is 14.2. The van der Waals surface area contributed by atoms with E-state index in [-0.39, 0.29) is 29.2 Å². The van der Waals surface area contributed by atoms with Crippen molar-refractivity contribution in [1.82, 2.24) is 20.4 Å². The minimum atomic E-state index is -0.920. The highest BCUT2D eigenvalue weighted by atomic mass is 32.1. The van der Waals surface area contributed by atoms with Crippen molar-refractivity contribution in [2.75, 3.05) is 24.6 Å². The van der Waals surface area contributed by atoms with Crippen molar-refractivity contribution in [2.45, 2.75) is 56.8 Å². The molecule has 0 aromatic carbocycles. The summed E-state index contributed by atoms with van der Waals surface area (Å²) in [6, 6.07) is -3.16. The van der Waals surface area contributed by atoms with Gasteiger partial charge in [-0.3, -0.25) is 24.0 Å². The zero-order valence-electron chi connectivity index (χ0n) is 16.9. The Morgan fingerprint density at radius 1 is 0.933 bits per heavy atom. The van der Waals surface area contributed by atoms with Crippen LogP contribution in [-0.4, -0.2) is 88.1 Å². The van der Waals surface area contributed by atoms with E-state index < -0.39 is 36.0 Å². The predicted molar refractivity (Wildman–Crippen MR) is 116 cm³/mol. The Morgan fingerprint density at radius 3 is 2.03 bits per heavy atom. The lowest BCUT2D eigenvalue weighted by atomic mass is 10.1. The van der Waals surface area contributed by atoms with Gasteiger partial charge in [0, 0.05) is 31.5 Å². The molecule has 2 aliphatic rings. The van der Waals surface area contributed by atoms with Gasteiger partial charge >= 0.3 is 0 Å². The van der Waals surface area contributed by atoms with Gasteiger partial charge in [-0.25, -0.2) is 0 Å². The zero-order valence-corrected chi connectivity index (χ0v) is 18.7. The molecule has 0 spiro atoms. The van der Waals surface area contributed by atoms with E-state index in [1.165, 1.54) is 16.7 Å². The van der Waals surface area contributed by atoms with Gasteiger partial charge in [-0.2, -0.15) is 25.3 Å². The summed E-state index contributed by atoms with van der Waals surface area (Å²) >= 11 is 8.15. The molecule has 30 heavy (non-hydrogen) atoms. The molecule has 2 heterocycles. The Labute approximate surface area is 186 Å². The fourth-order valence-corrected chi connectivity index (χ4v) is 4.41. The third-order valence-electron chi connectivity index (χ3n) is 5.36. The Morgan fingerprint density at radius 2 is 1.50 bits per heavy atom. The Kier molecular flexibility index (Phi) is 8.83. The highest BCUT2D eigenvalue weighted by Gasteiger charge is 2.43. The van der Waals surface area contributed by atoms with Gasteiger partial charge in [-0.15, -0.1) is 0 Å². The first-order valence-electron chi connectivity index (χ1n) is 9.90. The fourth-order valence-electron chi connectivity index (χ4n) is 3.89. The topological polar surface area (TPSA) is 142 Å². The molecule has 2 saturated heterocycles. The predicted octanol–water partition coefficient (Wildman–Crippen LogP) is -1.70. The fraction of sp³-hybridized carbons (Fsp3) is 0.722. The molecule has 0 saturated carbocycles. The lowest BCUT2D eigenvalue weighted by Gasteiger charge is -2.32. The number of nitrogens with one attached hydrogen (secondary N) is 2. The average Bonchev–Trinajstić information content (AvgIpc) is 3.38. The number of thiol groups is 2. The van der Waals surface area contributed by atoms with Crippen molar-refractivity contribution in [3.63, 3.8) is 0 Å². The second kappa shape index (κ2) is 10.9. The third kappa shape index (κ3) is 5.60. The lowest BCUT2D eigenvalue weighted by molar-refractivity contribution is -0.147. The second-order valence-corrected chi connectivity index (χ2v) is 8.19. The molecule has 10 nitrogen and oxygen atoms in total. The van der Waals surface area contributed by atoms with E-state index in [0.29, 0.717) is 38.8 Å². The van der Waals surface area contributed by atoms with Crippen LogP contribution in [0.2, 0.25) is 0 Å². The first-order valence-corrected chi connectivity index (χ1v) is 11.2. The second-order valence-electron chi connectivity index (χ2n) is 7.46. The maximum absolute atomic E-state index is 13.2. The van der Waals surface area contributed by atoms with Crippen LogP contribution in [0.3, 0.4) is 0 Å². The quantitative estimate of drug-likeness (QED) is 0.275. The summed E-state index contributed by atoms with van der Waals surface area (Å²) in [5.74, 6) is -2.00. The van der Waals surface area contributed by atoms with Crippen LogP contribution >= 0.6 is 25.3 Å². The van der Waals surface area contributed by atoms with Crippen LogP contribution < -0.4 is 16.4 Å². The van der Waals surface area contributed by atoms with Crippen LogP contribution in [-0.2, 0) is 24.0 Å². The van der Waals surface area contributed by atoms with Crippen molar-refractivity contribution < 1.29 is 24.0 Å². The molecular formula is C18H29N5O5S2. The van der Waals surface area contributed by atoms with Crippen LogP contribution in [0.1, 0.15) is 32.6 Å². The number of rotatable bonds is 8. The molecular weight excluding hydrogens is 430 g/mol. The molecule has 4 atom stereocenters. The number of amides is 5. The van der Waals surface area contributed by atoms with Gasteiger partial charge in [0.2, 0.25) is 29.5 Å². The molecule has 168 valence electrons. The minimum Gasteiger partial charge on any atom is -0.368 e. The molecule has 0 aromatic heterocycles. The number of primary amides is 1. The molecule has 2 fully saturated rings. The van der Waals surface area contributed by atoms with E-state index in [2.05, 4.69) is 35.9 Å².